The van der Waals surface area contributed by atoms with Crippen molar-refractivity contribution in [3.8, 4) is 5.75 Å². The summed E-state index contributed by atoms with van der Waals surface area (Å²) in [5.74, 6) is 0.296. The summed E-state index contributed by atoms with van der Waals surface area (Å²) in [6, 6.07) is 15.5. The van der Waals surface area contributed by atoms with Gasteiger partial charge in [0.15, 0.2) is 5.78 Å². The summed E-state index contributed by atoms with van der Waals surface area (Å²) in [5, 5.41) is 2.89. The standard InChI is InChI=1S/C25H30N2O4/c1-17(2)22(26-24(29)20-9-11-21(31-3)12-10-20)25(30)27-15-13-19(14-16-27)23(28)18-7-5-4-6-8-18/h4-12,17,19,22H,13-16H2,1-3H3,(H,26,29). The quantitative estimate of drug-likeness (QED) is 0.692. The maximum atomic E-state index is 13.2. The lowest BCUT2D eigenvalue weighted by atomic mass is 9.88. The molecule has 1 N–H and O–H groups in total. The molecule has 164 valence electrons. The van der Waals surface area contributed by atoms with Crippen LogP contribution < -0.4 is 10.1 Å². The first kappa shape index (κ1) is 22.5. The third-order valence-corrected chi connectivity index (χ3v) is 5.81. The van der Waals surface area contributed by atoms with Crippen LogP contribution in [0.15, 0.2) is 54.6 Å². The van der Waals surface area contributed by atoms with Crippen molar-refractivity contribution in [2.75, 3.05) is 20.2 Å². The van der Waals surface area contributed by atoms with Crippen molar-refractivity contribution in [3.63, 3.8) is 0 Å². The van der Waals surface area contributed by atoms with E-state index in [1.165, 1.54) is 0 Å². The lowest BCUT2D eigenvalue weighted by molar-refractivity contribution is -0.135. The van der Waals surface area contributed by atoms with E-state index < -0.39 is 6.04 Å². The van der Waals surface area contributed by atoms with E-state index in [1.807, 2.05) is 44.2 Å². The monoisotopic (exact) mass is 422 g/mol. The molecule has 1 fully saturated rings. The van der Waals surface area contributed by atoms with E-state index in [2.05, 4.69) is 5.32 Å². The molecular formula is C25H30N2O4. The van der Waals surface area contributed by atoms with E-state index in [4.69, 9.17) is 4.74 Å². The predicted molar refractivity (Wildman–Crippen MR) is 119 cm³/mol. The maximum absolute atomic E-state index is 13.2. The summed E-state index contributed by atoms with van der Waals surface area (Å²) in [4.78, 5) is 40.3. The van der Waals surface area contributed by atoms with Gasteiger partial charge in [0.05, 0.1) is 7.11 Å². The van der Waals surface area contributed by atoms with E-state index in [9.17, 15) is 14.4 Å². The van der Waals surface area contributed by atoms with Gasteiger partial charge in [-0.15, -0.1) is 0 Å². The summed E-state index contributed by atoms with van der Waals surface area (Å²) in [6.07, 6.45) is 1.27. The fourth-order valence-corrected chi connectivity index (χ4v) is 3.88. The van der Waals surface area contributed by atoms with Gasteiger partial charge in [0.1, 0.15) is 11.8 Å². The molecule has 6 heteroatoms. The predicted octanol–water partition coefficient (Wildman–Crippen LogP) is 3.57. The third-order valence-electron chi connectivity index (χ3n) is 5.81. The minimum Gasteiger partial charge on any atom is -0.497 e. The van der Waals surface area contributed by atoms with Crippen LogP contribution in [0.1, 0.15) is 47.4 Å². The number of ether oxygens (including phenoxy) is 1. The number of amides is 2. The van der Waals surface area contributed by atoms with Crippen molar-refractivity contribution in [1.82, 2.24) is 10.2 Å². The fraction of sp³-hybridized carbons (Fsp3) is 0.400. The van der Waals surface area contributed by atoms with Gasteiger partial charge >= 0.3 is 0 Å². The average Bonchev–Trinajstić information content (AvgIpc) is 2.82. The molecule has 31 heavy (non-hydrogen) atoms. The van der Waals surface area contributed by atoms with Gasteiger partial charge in [0.25, 0.3) is 5.91 Å². The second-order valence-electron chi connectivity index (χ2n) is 8.25. The third kappa shape index (κ3) is 5.51. The van der Waals surface area contributed by atoms with Crippen molar-refractivity contribution in [2.45, 2.75) is 32.7 Å². The SMILES string of the molecule is COc1ccc(C(=O)NC(C(=O)N2CCC(C(=O)c3ccccc3)CC2)C(C)C)cc1. The Kier molecular flexibility index (Phi) is 7.45. The number of hydrogen-bond acceptors (Lipinski definition) is 4. The number of hydrogen-bond donors (Lipinski definition) is 1. The van der Waals surface area contributed by atoms with Crippen molar-refractivity contribution in [3.05, 3.63) is 65.7 Å². The molecule has 0 radical (unpaired) electrons. The number of carbonyl (C=O) groups is 3. The maximum Gasteiger partial charge on any atom is 0.251 e. The van der Waals surface area contributed by atoms with Gasteiger partial charge in [-0.2, -0.15) is 0 Å². The number of ketones is 1. The zero-order chi connectivity index (χ0) is 22.4. The van der Waals surface area contributed by atoms with E-state index in [-0.39, 0.29) is 29.4 Å². The number of nitrogens with one attached hydrogen (secondary N) is 1. The molecule has 0 spiro atoms. The van der Waals surface area contributed by atoms with Crippen LogP contribution in [0, 0.1) is 11.8 Å². The number of piperidine rings is 1. The molecule has 1 unspecified atom stereocenters. The van der Waals surface area contributed by atoms with Gasteiger partial charge in [-0.05, 0) is 43.0 Å². The number of nitrogens with zero attached hydrogens (tertiary/aromatic N) is 1. The lowest BCUT2D eigenvalue weighted by Crippen LogP contribution is -2.53. The van der Waals surface area contributed by atoms with Gasteiger partial charge in [-0.25, -0.2) is 0 Å². The minimum atomic E-state index is -0.615. The van der Waals surface area contributed by atoms with Crippen molar-refractivity contribution in [1.29, 1.82) is 0 Å². The highest BCUT2D eigenvalue weighted by Crippen LogP contribution is 2.23. The van der Waals surface area contributed by atoms with E-state index in [0.29, 0.717) is 37.2 Å². The molecular weight excluding hydrogens is 392 g/mol. The molecule has 0 bridgehead atoms. The molecule has 2 aromatic rings. The van der Waals surface area contributed by atoms with Crippen LogP contribution in [-0.2, 0) is 4.79 Å². The Bertz CT molecular complexity index is 901. The first-order chi connectivity index (χ1) is 14.9. The summed E-state index contributed by atoms with van der Waals surface area (Å²) < 4.78 is 5.12. The smallest absolute Gasteiger partial charge is 0.251 e. The largest absolute Gasteiger partial charge is 0.497 e. The molecule has 1 aliphatic heterocycles. The minimum absolute atomic E-state index is 0.0571. The Labute approximate surface area is 183 Å². The number of Topliss-reactive ketones (excluding diaryl/α,β-unsaturated/α-hetero) is 1. The highest BCUT2D eigenvalue weighted by Gasteiger charge is 2.33. The molecule has 0 saturated carbocycles. The van der Waals surface area contributed by atoms with Gasteiger partial charge in [-0.3, -0.25) is 14.4 Å². The van der Waals surface area contributed by atoms with Crippen molar-refractivity contribution < 1.29 is 19.1 Å². The van der Waals surface area contributed by atoms with Crippen molar-refractivity contribution >= 4 is 17.6 Å². The fourth-order valence-electron chi connectivity index (χ4n) is 3.88. The molecule has 2 amide bonds. The Morgan fingerprint density at radius 2 is 1.55 bits per heavy atom. The number of methoxy groups -OCH3 is 1. The Morgan fingerprint density at radius 1 is 0.935 bits per heavy atom. The second kappa shape index (κ2) is 10.2. The molecule has 0 aromatic heterocycles. The van der Waals surface area contributed by atoms with Gasteiger partial charge < -0.3 is 15.0 Å². The molecule has 3 rings (SSSR count). The van der Waals surface area contributed by atoms with E-state index >= 15 is 0 Å². The topological polar surface area (TPSA) is 75.7 Å². The highest BCUT2D eigenvalue weighted by atomic mass is 16.5. The Balaban J connectivity index is 1.60. The first-order valence-corrected chi connectivity index (χ1v) is 10.7. The molecule has 0 aliphatic carbocycles. The highest BCUT2D eigenvalue weighted by molar-refractivity contribution is 5.99. The van der Waals surface area contributed by atoms with Crippen LogP contribution in [0.5, 0.6) is 5.75 Å². The average molecular weight is 423 g/mol. The van der Waals surface area contributed by atoms with Crippen LogP contribution in [0.4, 0.5) is 0 Å². The van der Waals surface area contributed by atoms with Gasteiger partial charge in [-0.1, -0.05) is 44.2 Å². The van der Waals surface area contributed by atoms with Crippen LogP contribution in [0.3, 0.4) is 0 Å². The van der Waals surface area contributed by atoms with Crippen LogP contribution in [0.25, 0.3) is 0 Å². The second-order valence-corrected chi connectivity index (χ2v) is 8.25. The molecule has 1 saturated heterocycles. The zero-order valence-corrected chi connectivity index (χ0v) is 18.3. The van der Waals surface area contributed by atoms with Crippen LogP contribution >= 0.6 is 0 Å². The molecule has 1 aliphatic rings. The lowest BCUT2D eigenvalue weighted by Gasteiger charge is -2.35. The van der Waals surface area contributed by atoms with Crippen LogP contribution in [-0.4, -0.2) is 48.7 Å². The molecule has 1 atom stereocenters. The number of carbonyl (C=O) groups excluding carboxylic acids is 3. The van der Waals surface area contributed by atoms with Crippen molar-refractivity contribution in [2.24, 2.45) is 11.8 Å². The summed E-state index contributed by atoms with van der Waals surface area (Å²) in [7, 11) is 1.57. The summed E-state index contributed by atoms with van der Waals surface area (Å²) in [6.45, 7) is 4.87. The van der Waals surface area contributed by atoms with Crippen LogP contribution in [0.2, 0.25) is 0 Å². The van der Waals surface area contributed by atoms with E-state index in [0.717, 1.165) is 5.56 Å². The molecule has 2 aromatic carbocycles. The zero-order valence-electron chi connectivity index (χ0n) is 18.3. The number of likely N-dealkylation sites (tertiary alicyclic amines) is 1. The summed E-state index contributed by atoms with van der Waals surface area (Å²) in [5.41, 5.74) is 1.20. The summed E-state index contributed by atoms with van der Waals surface area (Å²) >= 11 is 0. The first-order valence-electron chi connectivity index (χ1n) is 10.7. The molecule has 1 heterocycles. The van der Waals surface area contributed by atoms with E-state index in [1.54, 1.807) is 36.3 Å². The number of benzene rings is 2. The number of rotatable bonds is 7. The molecule has 6 nitrogen and oxygen atoms in total. The Morgan fingerprint density at radius 3 is 2.10 bits per heavy atom. The Hall–Kier alpha value is -3.15. The van der Waals surface area contributed by atoms with Gasteiger partial charge in [0.2, 0.25) is 5.91 Å². The normalized spacial score (nSPS) is 15.4. The van der Waals surface area contributed by atoms with Gasteiger partial charge in [0, 0.05) is 30.1 Å².